The van der Waals surface area contributed by atoms with Gasteiger partial charge in [-0.1, -0.05) is 54.6 Å². The van der Waals surface area contributed by atoms with Crippen molar-refractivity contribution >= 4 is 23.7 Å². The Morgan fingerprint density at radius 1 is 1.11 bits per heavy atom. The van der Waals surface area contributed by atoms with E-state index in [0.717, 1.165) is 10.5 Å². The molecule has 1 aliphatic rings. The molecule has 2 aromatic carbocycles. The lowest BCUT2D eigenvalue weighted by atomic mass is 9.89. The molecule has 1 heterocycles. The fourth-order valence-electron chi connectivity index (χ4n) is 3.32. The highest BCUT2D eigenvalue weighted by atomic mass is 16.4. The van der Waals surface area contributed by atoms with E-state index < -0.39 is 30.0 Å². The van der Waals surface area contributed by atoms with Gasteiger partial charge in [0.25, 0.3) is 5.91 Å². The van der Waals surface area contributed by atoms with Crippen LogP contribution in [-0.2, 0) is 21.7 Å². The summed E-state index contributed by atoms with van der Waals surface area (Å²) in [5.74, 6) is -1.98. The largest absolute Gasteiger partial charge is 0.480 e. The number of rotatable bonds is 6. The minimum absolute atomic E-state index is 0.112. The summed E-state index contributed by atoms with van der Waals surface area (Å²) in [4.78, 5) is 39.4. The second kappa shape index (κ2) is 7.15. The summed E-state index contributed by atoms with van der Waals surface area (Å²) < 4.78 is 0. The van der Waals surface area contributed by atoms with Crippen molar-refractivity contribution in [3.8, 4) is 0 Å². The van der Waals surface area contributed by atoms with Gasteiger partial charge in [-0.3, -0.25) is 19.9 Å². The molecular formula is C20H20N4O4. The van der Waals surface area contributed by atoms with Crippen LogP contribution in [0, 0.1) is 5.41 Å². The van der Waals surface area contributed by atoms with E-state index >= 15 is 0 Å². The molecule has 0 aromatic heterocycles. The minimum atomic E-state index is -1.38. The van der Waals surface area contributed by atoms with Crippen molar-refractivity contribution in [2.24, 2.45) is 5.73 Å². The Morgan fingerprint density at radius 2 is 1.71 bits per heavy atom. The van der Waals surface area contributed by atoms with E-state index in [1.165, 1.54) is 4.90 Å². The smallest absolute Gasteiger partial charge is 0.328 e. The zero-order chi connectivity index (χ0) is 20.5. The van der Waals surface area contributed by atoms with E-state index in [0.29, 0.717) is 11.1 Å². The molecule has 0 saturated carbocycles. The molecular weight excluding hydrogens is 360 g/mol. The number of hydrogen-bond donors (Lipinski definition) is 3. The summed E-state index contributed by atoms with van der Waals surface area (Å²) in [6.07, 6.45) is 0. The van der Waals surface area contributed by atoms with Gasteiger partial charge in [0.2, 0.25) is 0 Å². The van der Waals surface area contributed by atoms with Crippen LogP contribution < -0.4 is 5.73 Å². The van der Waals surface area contributed by atoms with E-state index in [1.54, 1.807) is 31.2 Å². The third-order valence-electron chi connectivity index (χ3n) is 4.90. The maximum atomic E-state index is 13.1. The fourth-order valence-corrected chi connectivity index (χ4v) is 3.32. The van der Waals surface area contributed by atoms with Gasteiger partial charge < -0.3 is 15.7 Å². The first kappa shape index (κ1) is 19.1. The Morgan fingerprint density at radius 3 is 2.25 bits per heavy atom. The fraction of sp³-hybridized carbons (Fsp3) is 0.200. The van der Waals surface area contributed by atoms with Gasteiger partial charge in [-0.05, 0) is 18.1 Å². The molecule has 28 heavy (non-hydrogen) atoms. The quantitative estimate of drug-likeness (QED) is 0.399. The second-order valence-corrected chi connectivity index (χ2v) is 6.70. The van der Waals surface area contributed by atoms with Gasteiger partial charge in [-0.2, -0.15) is 0 Å². The van der Waals surface area contributed by atoms with Crippen molar-refractivity contribution < 1.29 is 19.5 Å². The minimum Gasteiger partial charge on any atom is -0.480 e. The van der Waals surface area contributed by atoms with Crippen molar-refractivity contribution in [2.45, 2.75) is 19.0 Å². The number of hydrogen-bond acceptors (Lipinski definition) is 4. The Hall–Kier alpha value is -3.68. The number of carbonyl (C=O) groups is 3. The SMILES string of the molecule is C[C@@]1(c2ccc(C(=N)N)cc2)C(=O)N(CC(=O)O)C(=O)N1Cc1ccccc1. The molecule has 2 aromatic rings. The molecule has 0 aliphatic carbocycles. The second-order valence-electron chi connectivity index (χ2n) is 6.70. The summed E-state index contributed by atoms with van der Waals surface area (Å²) in [6, 6.07) is 15.0. The van der Waals surface area contributed by atoms with E-state index in [2.05, 4.69) is 0 Å². The van der Waals surface area contributed by atoms with Crippen molar-refractivity contribution in [3.05, 3.63) is 71.3 Å². The monoisotopic (exact) mass is 380 g/mol. The van der Waals surface area contributed by atoms with Crippen molar-refractivity contribution in [1.82, 2.24) is 9.80 Å². The van der Waals surface area contributed by atoms with Crippen LogP contribution in [0.15, 0.2) is 54.6 Å². The van der Waals surface area contributed by atoms with Gasteiger partial charge >= 0.3 is 12.0 Å². The number of amides is 3. The van der Waals surface area contributed by atoms with Gasteiger partial charge in [-0.15, -0.1) is 0 Å². The number of nitrogens with one attached hydrogen (secondary N) is 1. The third kappa shape index (κ3) is 3.20. The average molecular weight is 380 g/mol. The number of urea groups is 1. The lowest BCUT2D eigenvalue weighted by molar-refractivity contribution is -0.143. The number of carbonyl (C=O) groups excluding carboxylic acids is 2. The number of nitrogens with two attached hydrogens (primary N) is 1. The highest BCUT2D eigenvalue weighted by Gasteiger charge is 2.55. The van der Waals surface area contributed by atoms with Crippen molar-refractivity contribution in [2.75, 3.05) is 6.54 Å². The first-order valence-corrected chi connectivity index (χ1v) is 8.59. The van der Waals surface area contributed by atoms with Crippen LogP contribution in [0.5, 0.6) is 0 Å². The van der Waals surface area contributed by atoms with Crippen LogP contribution in [0.2, 0.25) is 0 Å². The van der Waals surface area contributed by atoms with Crippen LogP contribution in [0.4, 0.5) is 4.79 Å². The molecule has 1 aliphatic heterocycles. The molecule has 144 valence electrons. The number of nitrogen functional groups attached to an aromatic ring is 1. The average Bonchev–Trinajstić information content (AvgIpc) is 2.85. The summed E-state index contributed by atoms with van der Waals surface area (Å²) >= 11 is 0. The van der Waals surface area contributed by atoms with E-state index in [9.17, 15) is 14.4 Å². The first-order valence-electron chi connectivity index (χ1n) is 8.59. The molecule has 0 bridgehead atoms. The maximum Gasteiger partial charge on any atom is 0.328 e. The van der Waals surface area contributed by atoms with Gasteiger partial charge in [0, 0.05) is 12.1 Å². The molecule has 0 unspecified atom stereocenters. The number of aliphatic carboxylic acids is 1. The number of carboxylic acid groups (broad SMARTS) is 1. The van der Waals surface area contributed by atoms with Gasteiger partial charge in [0.05, 0.1) is 0 Å². The number of carboxylic acids is 1. The van der Waals surface area contributed by atoms with E-state index in [-0.39, 0.29) is 12.4 Å². The lowest BCUT2D eigenvalue weighted by Gasteiger charge is -2.32. The summed E-state index contributed by atoms with van der Waals surface area (Å²) in [5, 5.41) is 16.6. The van der Waals surface area contributed by atoms with Gasteiger partial charge in [0.1, 0.15) is 17.9 Å². The zero-order valence-corrected chi connectivity index (χ0v) is 15.3. The number of benzene rings is 2. The van der Waals surface area contributed by atoms with Crippen LogP contribution in [-0.4, -0.2) is 45.2 Å². The van der Waals surface area contributed by atoms with Crippen LogP contribution >= 0.6 is 0 Å². The number of amidine groups is 1. The maximum absolute atomic E-state index is 13.1. The van der Waals surface area contributed by atoms with Crippen molar-refractivity contribution in [1.29, 1.82) is 5.41 Å². The first-order chi connectivity index (χ1) is 13.2. The topological polar surface area (TPSA) is 128 Å². The lowest BCUT2D eigenvalue weighted by Crippen LogP contribution is -2.44. The van der Waals surface area contributed by atoms with Gasteiger partial charge in [-0.25, -0.2) is 4.79 Å². The molecule has 0 spiro atoms. The van der Waals surface area contributed by atoms with Gasteiger partial charge in [0.15, 0.2) is 0 Å². The standard InChI is InChI=1S/C20H20N4O4/c1-20(15-9-7-14(8-10-15)17(21)22)18(27)23(12-16(25)26)19(28)24(20)11-13-5-3-2-4-6-13/h2-10H,11-12H2,1H3,(H3,21,22)(H,25,26)/t20-/m1/s1. The molecule has 8 heteroatoms. The molecule has 1 saturated heterocycles. The van der Waals surface area contributed by atoms with Crippen LogP contribution in [0.3, 0.4) is 0 Å². The molecule has 1 atom stereocenters. The molecule has 3 amide bonds. The Kier molecular flexibility index (Phi) is 4.87. The normalized spacial score (nSPS) is 19.2. The highest BCUT2D eigenvalue weighted by molar-refractivity contribution is 6.08. The number of imide groups is 1. The Balaban J connectivity index is 2.06. The van der Waals surface area contributed by atoms with E-state index in [4.69, 9.17) is 16.2 Å². The Bertz CT molecular complexity index is 942. The van der Waals surface area contributed by atoms with Crippen LogP contribution in [0.1, 0.15) is 23.6 Å². The molecule has 0 radical (unpaired) electrons. The zero-order valence-electron chi connectivity index (χ0n) is 15.3. The Labute approximate surface area is 161 Å². The summed E-state index contributed by atoms with van der Waals surface area (Å²) in [7, 11) is 0. The van der Waals surface area contributed by atoms with E-state index in [1.807, 2.05) is 30.3 Å². The summed E-state index contributed by atoms with van der Waals surface area (Å²) in [5.41, 5.74) is 5.92. The molecule has 3 rings (SSSR count). The predicted molar refractivity (Wildman–Crippen MR) is 102 cm³/mol. The third-order valence-corrected chi connectivity index (χ3v) is 4.90. The number of nitrogens with zero attached hydrogens (tertiary/aromatic N) is 2. The van der Waals surface area contributed by atoms with Crippen LogP contribution in [0.25, 0.3) is 0 Å². The summed E-state index contributed by atoms with van der Waals surface area (Å²) in [6.45, 7) is 1.04. The molecule has 1 fully saturated rings. The molecule has 4 N–H and O–H groups in total. The predicted octanol–water partition coefficient (Wildman–Crippen LogP) is 1.73. The molecule has 8 nitrogen and oxygen atoms in total. The van der Waals surface area contributed by atoms with Crippen molar-refractivity contribution in [3.63, 3.8) is 0 Å². The highest BCUT2D eigenvalue weighted by Crippen LogP contribution is 2.38.